The number of anilines is 1. The van der Waals surface area contributed by atoms with Gasteiger partial charge in [-0.25, -0.2) is 4.79 Å². The van der Waals surface area contributed by atoms with Gasteiger partial charge >= 0.3 is 6.09 Å². The van der Waals surface area contributed by atoms with E-state index in [1.807, 2.05) is 6.92 Å². The zero-order valence-corrected chi connectivity index (χ0v) is 9.79. The molecule has 0 fully saturated rings. The van der Waals surface area contributed by atoms with E-state index in [-0.39, 0.29) is 0 Å². The topological polar surface area (TPSA) is 56.8 Å². The first-order chi connectivity index (χ1) is 7.62. The molecule has 0 atom stereocenters. The fourth-order valence-electron chi connectivity index (χ4n) is 1.28. The first kappa shape index (κ1) is 12.2. The summed E-state index contributed by atoms with van der Waals surface area (Å²) in [7, 11) is 4.41. The van der Waals surface area contributed by atoms with Crippen LogP contribution in [0.25, 0.3) is 0 Å². The van der Waals surface area contributed by atoms with E-state index in [9.17, 15) is 4.79 Å². The van der Waals surface area contributed by atoms with Gasteiger partial charge in [-0.1, -0.05) is 0 Å². The number of nitrogens with one attached hydrogen (secondary N) is 1. The van der Waals surface area contributed by atoms with E-state index in [0.29, 0.717) is 17.2 Å². The Labute approximate surface area is 94.3 Å². The van der Waals surface area contributed by atoms with Gasteiger partial charge in [0.05, 0.1) is 27.0 Å². The lowest BCUT2D eigenvalue weighted by Crippen LogP contribution is -2.12. The molecule has 1 aromatic carbocycles. The molecule has 0 spiro atoms. The number of methoxy groups -OCH3 is 3. The Morgan fingerprint density at radius 3 is 2.19 bits per heavy atom. The van der Waals surface area contributed by atoms with Gasteiger partial charge in [0.2, 0.25) is 0 Å². The molecule has 0 aliphatic carbocycles. The molecule has 5 heteroatoms. The first-order valence-corrected chi connectivity index (χ1v) is 4.70. The summed E-state index contributed by atoms with van der Waals surface area (Å²) in [5, 5.41) is 2.59. The van der Waals surface area contributed by atoms with Crippen molar-refractivity contribution in [1.29, 1.82) is 0 Å². The summed E-state index contributed by atoms with van der Waals surface area (Å²) in [6, 6.07) is 3.47. The molecule has 1 amide bonds. The van der Waals surface area contributed by atoms with Crippen molar-refractivity contribution < 1.29 is 19.0 Å². The van der Waals surface area contributed by atoms with Crippen molar-refractivity contribution in [1.82, 2.24) is 0 Å². The third kappa shape index (κ3) is 2.56. The van der Waals surface area contributed by atoms with Gasteiger partial charge in [-0.05, 0) is 18.6 Å². The summed E-state index contributed by atoms with van der Waals surface area (Å²) < 4.78 is 14.8. The van der Waals surface area contributed by atoms with Gasteiger partial charge in [-0.3, -0.25) is 5.32 Å². The lowest BCUT2D eigenvalue weighted by atomic mass is 10.2. The molecule has 0 saturated carbocycles. The van der Waals surface area contributed by atoms with Crippen molar-refractivity contribution in [2.75, 3.05) is 26.6 Å². The van der Waals surface area contributed by atoms with Crippen molar-refractivity contribution >= 4 is 11.8 Å². The monoisotopic (exact) mass is 225 g/mol. The van der Waals surface area contributed by atoms with Crippen molar-refractivity contribution in [2.45, 2.75) is 6.92 Å². The lowest BCUT2D eigenvalue weighted by molar-refractivity contribution is 0.187. The third-order valence-electron chi connectivity index (χ3n) is 2.15. The van der Waals surface area contributed by atoms with Crippen LogP contribution in [0.3, 0.4) is 0 Å². The number of rotatable bonds is 3. The van der Waals surface area contributed by atoms with Crippen LogP contribution in [0.2, 0.25) is 0 Å². The summed E-state index contributed by atoms with van der Waals surface area (Å²) in [6.45, 7) is 1.85. The highest BCUT2D eigenvalue weighted by molar-refractivity contribution is 5.86. The van der Waals surface area contributed by atoms with Gasteiger partial charge in [0.15, 0.2) is 11.5 Å². The van der Waals surface area contributed by atoms with E-state index in [1.54, 1.807) is 19.2 Å². The molecule has 0 radical (unpaired) electrons. The molecule has 0 aliphatic rings. The molecule has 1 aromatic rings. The van der Waals surface area contributed by atoms with Gasteiger partial charge < -0.3 is 14.2 Å². The SMILES string of the molecule is COC(=O)Nc1cc(OC)c(OC)cc1C. The highest BCUT2D eigenvalue weighted by Gasteiger charge is 2.10. The quantitative estimate of drug-likeness (QED) is 0.856. The Kier molecular flexibility index (Phi) is 3.99. The van der Waals surface area contributed by atoms with E-state index < -0.39 is 6.09 Å². The molecule has 16 heavy (non-hydrogen) atoms. The number of carbonyl (C=O) groups excluding carboxylic acids is 1. The number of amides is 1. The number of benzene rings is 1. The number of aryl methyl sites for hydroxylation is 1. The van der Waals surface area contributed by atoms with Crippen LogP contribution in [0, 0.1) is 6.92 Å². The Morgan fingerprint density at radius 2 is 1.69 bits per heavy atom. The fraction of sp³-hybridized carbons (Fsp3) is 0.364. The summed E-state index contributed by atoms with van der Waals surface area (Å²) in [6.07, 6.45) is -0.518. The van der Waals surface area contributed by atoms with Crippen molar-refractivity contribution in [2.24, 2.45) is 0 Å². The Balaban J connectivity index is 3.06. The summed E-state index contributed by atoms with van der Waals surface area (Å²) >= 11 is 0. The Hall–Kier alpha value is -1.91. The van der Waals surface area contributed by atoms with Gasteiger partial charge in [0.1, 0.15) is 0 Å². The molecule has 5 nitrogen and oxygen atoms in total. The molecule has 0 bridgehead atoms. The zero-order chi connectivity index (χ0) is 12.1. The summed E-state index contributed by atoms with van der Waals surface area (Å²) in [5.41, 5.74) is 1.49. The lowest BCUT2D eigenvalue weighted by Gasteiger charge is -2.12. The number of carbonyl (C=O) groups is 1. The second-order valence-electron chi connectivity index (χ2n) is 3.14. The van der Waals surface area contributed by atoms with Gasteiger partial charge in [0.25, 0.3) is 0 Å². The number of hydrogen-bond acceptors (Lipinski definition) is 4. The van der Waals surface area contributed by atoms with Crippen LogP contribution < -0.4 is 14.8 Å². The Bertz CT molecular complexity index is 390. The van der Waals surface area contributed by atoms with Crippen LogP contribution in [0.5, 0.6) is 11.5 Å². The maximum absolute atomic E-state index is 11.1. The zero-order valence-electron chi connectivity index (χ0n) is 9.79. The molecule has 0 unspecified atom stereocenters. The van der Waals surface area contributed by atoms with E-state index in [4.69, 9.17) is 9.47 Å². The van der Waals surface area contributed by atoms with Crippen molar-refractivity contribution in [3.8, 4) is 11.5 Å². The normalized spacial score (nSPS) is 9.50. The van der Waals surface area contributed by atoms with Crippen LogP contribution >= 0.6 is 0 Å². The van der Waals surface area contributed by atoms with E-state index in [2.05, 4.69) is 10.1 Å². The van der Waals surface area contributed by atoms with Crippen LogP contribution in [0.15, 0.2) is 12.1 Å². The van der Waals surface area contributed by atoms with Crippen LogP contribution in [0.4, 0.5) is 10.5 Å². The molecule has 1 N–H and O–H groups in total. The second kappa shape index (κ2) is 5.25. The van der Waals surface area contributed by atoms with Crippen molar-refractivity contribution in [3.05, 3.63) is 17.7 Å². The predicted octanol–water partition coefficient (Wildman–Crippen LogP) is 2.19. The molecule has 0 aromatic heterocycles. The molecule has 0 saturated heterocycles. The summed E-state index contributed by atoms with van der Waals surface area (Å²) in [4.78, 5) is 11.1. The third-order valence-corrected chi connectivity index (χ3v) is 2.15. The van der Waals surface area contributed by atoms with Crippen LogP contribution in [0.1, 0.15) is 5.56 Å². The van der Waals surface area contributed by atoms with Gasteiger partial charge in [-0.15, -0.1) is 0 Å². The maximum Gasteiger partial charge on any atom is 0.411 e. The minimum absolute atomic E-state index is 0.518. The first-order valence-electron chi connectivity index (χ1n) is 4.70. The highest BCUT2D eigenvalue weighted by atomic mass is 16.5. The fourth-order valence-corrected chi connectivity index (χ4v) is 1.28. The van der Waals surface area contributed by atoms with E-state index >= 15 is 0 Å². The molecule has 0 heterocycles. The molecule has 1 rings (SSSR count). The average Bonchev–Trinajstić information content (AvgIpc) is 2.30. The minimum Gasteiger partial charge on any atom is -0.493 e. The number of ether oxygens (including phenoxy) is 3. The van der Waals surface area contributed by atoms with Gasteiger partial charge in [0, 0.05) is 6.07 Å². The smallest absolute Gasteiger partial charge is 0.411 e. The van der Waals surface area contributed by atoms with Crippen LogP contribution in [-0.4, -0.2) is 27.4 Å². The largest absolute Gasteiger partial charge is 0.493 e. The second-order valence-corrected chi connectivity index (χ2v) is 3.14. The van der Waals surface area contributed by atoms with E-state index in [1.165, 1.54) is 14.2 Å². The molecular formula is C11H15NO4. The molecule has 0 aliphatic heterocycles. The molecule has 88 valence electrons. The maximum atomic E-state index is 11.1. The minimum atomic E-state index is -0.518. The Morgan fingerprint density at radius 1 is 1.12 bits per heavy atom. The van der Waals surface area contributed by atoms with E-state index in [0.717, 1.165) is 5.56 Å². The standard InChI is InChI=1S/C11H15NO4/c1-7-5-9(14-2)10(15-3)6-8(7)12-11(13)16-4/h5-6H,1-4H3,(H,12,13). The van der Waals surface area contributed by atoms with Crippen LogP contribution in [-0.2, 0) is 4.74 Å². The summed E-state index contributed by atoms with van der Waals surface area (Å²) in [5.74, 6) is 1.18. The van der Waals surface area contributed by atoms with Gasteiger partial charge in [-0.2, -0.15) is 0 Å². The van der Waals surface area contributed by atoms with Crippen molar-refractivity contribution in [3.63, 3.8) is 0 Å². The average molecular weight is 225 g/mol. The molecular weight excluding hydrogens is 210 g/mol. The predicted molar refractivity (Wildman–Crippen MR) is 60.3 cm³/mol. The number of hydrogen-bond donors (Lipinski definition) is 1. The highest BCUT2D eigenvalue weighted by Crippen LogP contribution is 2.32.